The Morgan fingerprint density at radius 2 is 1.59 bits per heavy atom. The van der Waals surface area contributed by atoms with Crippen LogP contribution < -0.4 is 25.0 Å². The summed E-state index contributed by atoms with van der Waals surface area (Å²) in [6.07, 6.45) is 0.695. The van der Waals surface area contributed by atoms with Crippen molar-refractivity contribution >= 4 is 80.4 Å². The zero-order chi connectivity index (χ0) is 33.2. The van der Waals surface area contributed by atoms with Gasteiger partial charge in [-0.25, -0.2) is 5.43 Å². The molecule has 4 aromatic rings. The molecule has 46 heavy (non-hydrogen) atoms. The first-order valence-electron chi connectivity index (χ1n) is 13.8. The van der Waals surface area contributed by atoms with E-state index in [0.29, 0.717) is 36.6 Å². The lowest BCUT2D eigenvalue weighted by Gasteiger charge is -2.21. The molecule has 0 bridgehead atoms. The van der Waals surface area contributed by atoms with Gasteiger partial charge < -0.3 is 19.5 Å². The molecule has 0 radical (unpaired) electrons. The van der Waals surface area contributed by atoms with E-state index in [1.54, 1.807) is 49.4 Å². The van der Waals surface area contributed by atoms with Crippen LogP contribution in [0.15, 0.2) is 88.4 Å². The molecule has 0 unspecified atom stereocenters. The molecule has 0 spiro atoms. The minimum atomic E-state index is -0.963. The number of methoxy groups -OCH3 is 1. The molecule has 2 atom stereocenters. The van der Waals surface area contributed by atoms with E-state index in [-0.39, 0.29) is 23.8 Å². The van der Waals surface area contributed by atoms with Crippen LogP contribution in [0.25, 0.3) is 0 Å². The number of hydrogen-bond acceptors (Lipinski definition) is 6. The quantitative estimate of drug-likeness (QED) is 0.105. The summed E-state index contributed by atoms with van der Waals surface area (Å²) in [6.45, 7) is 1.73. The first-order valence-corrected chi connectivity index (χ1v) is 16.1. The molecule has 0 heterocycles. The average molecular weight is 768 g/mol. The van der Waals surface area contributed by atoms with Crippen molar-refractivity contribution in [2.24, 2.45) is 5.10 Å². The summed E-state index contributed by atoms with van der Waals surface area (Å²) in [7, 11) is 1.51. The number of rotatable bonds is 13. The van der Waals surface area contributed by atoms with Crippen LogP contribution in [0.2, 0.25) is 20.1 Å². The Morgan fingerprint density at radius 3 is 2.26 bits per heavy atom. The lowest BCUT2D eigenvalue weighted by Crippen LogP contribution is -2.50. The number of amides is 2. The summed E-state index contributed by atoms with van der Waals surface area (Å²) in [5, 5.41) is 8.58. The van der Waals surface area contributed by atoms with Crippen LogP contribution in [0.4, 0.5) is 0 Å². The second-order valence-corrected chi connectivity index (χ2v) is 12.4. The van der Waals surface area contributed by atoms with Crippen LogP contribution >= 0.6 is 62.3 Å². The van der Waals surface area contributed by atoms with Gasteiger partial charge in [0.25, 0.3) is 11.8 Å². The van der Waals surface area contributed by atoms with Crippen LogP contribution in [0.5, 0.6) is 17.2 Å². The molecule has 0 aliphatic heterocycles. The number of benzene rings is 4. The van der Waals surface area contributed by atoms with E-state index < -0.39 is 24.0 Å². The van der Waals surface area contributed by atoms with E-state index in [2.05, 4.69) is 31.8 Å². The number of hydrazone groups is 1. The highest BCUT2D eigenvalue weighted by atomic mass is 79.9. The monoisotopic (exact) mass is 765 g/mol. The number of nitrogens with one attached hydrogen (secondary N) is 2. The van der Waals surface area contributed by atoms with Crippen molar-refractivity contribution in [3.63, 3.8) is 0 Å². The van der Waals surface area contributed by atoms with Gasteiger partial charge in [-0.2, -0.15) is 5.10 Å². The van der Waals surface area contributed by atoms with Crippen molar-refractivity contribution in [3.8, 4) is 17.2 Å². The Kier molecular flexibility index (Phi) is 13.0. The summed E-state index contributed by atoms with van der Waals surface area (Å²) >= 11 is 27.9. The normalized spacial score (nSPS) is 12.3. The molecule has 0 aliphatic carbocycles. The van der Waals surface area contributed by atoms with Crippen LogP contribution in [0.3, 0.4) is 0 Å². The lowest BCUT2D eigenvalue weighted by atomic mass is 10.1. The molecule has 8 nitrogen and oxygen atoms in total. The van der Waals surface area contributed by atoms with Gasteiger partial charge in [-0.15, -0.1) is 0 Å². The topological polar surface area (TPSA) is 98.2 Å². The van der Waals surface area contributed by atoms with Crippen molar-refractivity contribution < 1.29 is 23.8 Å². The number of hydrogen-bond donors (Lipinski definition) is 2. The fourth-order valence-corrected chi connectivity index (χ4v) is 5.64. The highest BCUT2D eigenvalue weighted by molar-refractivity contribution is 9.10. The first kappa shape index (κ1) is 35.4. The second kappa shape index (κ2) is 16.9. The number of carbonyl (C=O) groups is 2. The molecule has 0 aromatic heterocycles. The third kappa shape index (κ3) is 10.0. The Morgan fingerprint density at radius 1 is 0.891 bits per heavy atom. The van der Waals surface area contributed by atoms with Crippen LogP contribution in [-0.4, -0.2) is 37.3 Å². The molecular weight excluding hydrogens is 740 g/mol. The van der Waals surface area contributed by atoms with E-state index in [1.165, 1.54) is 19.4 Å². The molecule has 240 valence electrons. The minimum absolute atomic E-state index is 0.180. The van der Waals surface area contributed by atoms with Crippen molar-refractivity contribution in [2.75, 3.05) is 7.11 Å². The maximum absolute atomic E-state index is 13.3. The van der Waals surface area contributed by atoms with E-state index in [4.69, 9.17) is 60.6 Å². The maximum Gasteiger partial charge on any atom is 0.262 e. The van der Waals surface area contributed by atoms with Crippen LogP contribution in [0.1, 0.15) is 23.6 Å². The van der Waals surface area contributed by atoms with Gasteiger partial charge in [0, 0.05) is 27.1 Å². The van der Waals surface area contributed by atoms with Gasteiger partial charge in [-0.05, 0) is 76.4 Å². The van der Waals surface area contributed by atoms with Gasteiger partial charge >= 0.3 is 0 Å². The summed E-state index contributed by atoms with van der Waals surface area (Å²) in [4.78, 5) is 26.3. The highest BCUT2D eigenvalue weighted by Crippen LogP contribution is 2.37. The standard InChI is InChI=1S/C33H28BrCl4N3O5/c1-19(46-29-11-10-24(36)16-27(29)38)32(42)40-28(13-20-6-4-3-5-7-20)33(43)41-39-17-21-12-25(34)31(30(14-21)44-2)45-18-22-8-9-23(35)15-26(22)37/h3-12,14-17,19,28H,13,18H2,1-2H3,(H,40,42)(H,41,43)/b39-17-/t19-,28+/m0/s1. The van der Waals surface area contributed by atoms with Crippen molar-refractivity contribution in [1.29, 1.82) is 0 Å². The molecule has 13 heteroatoms. The molecular formula is C33H28BrCl4N3O5. The molecule has 0 fully saturated rings. The molecule has 0 aliphatic rings. The summed E-state index contributed by atoms with van der Waals surface area (Å²) < 4.78 is 17.8. The Balaban J connectivity index is 1.44. The zero-order valence-corrected chi connectivity index (χ0v) is 29.1. The van der Waals surface area contributed by atoms with Crippen molar-refractivity contribution in [2.45, 2.75) is 32.1 Å². The number of halogens is 5. The lowest BCUT2D eigenvalue weighted by molar-refractivity contribution is -0.132. The van der Waals surface area contributed by atoms with E-state index in [1.807, 2.05) is 30.3 Å². The third-order valence-electron chi connectivity index (χ3n) is 6.51. The van der Waals surface area contributed by atoms with Crippen molar-refractivity contribution in [1.82, 2.24) is 10.7 Å². The van der Waals surface area contributed by atoms with Gasteiger partial charge in [0.1, 0.15) is 18.4 Å². The first-order chi connectivity index (χ1) is 22.0. The molecule has 0 saturated heterocycles. The SMILES string of the molecule is COc1cc(/C=N\NC(=O)[C@@H](Cc2ccccc2)NC(=O)[C@H](C)Oc2ccc(Cl)cc2Cl)cc(Br)c1OCc1ccc(Cl)cc1Cl. The van der Waals surface area contributed by atoms with Crippen LogP contribution in [-0.2, 0) is 22.6 Å². The second-order valence-electron chi connectivity index (χ2n) is 9.88. The smallest absolute Gasteiger partial charge is 0.262 e. The van der Waals surface area contributed by atoms with Gasteiger partial charge in [0.05, 0.1) is 22.8 Å². The summed E-state index contributed by atoms with van der Waals surface area (Å²) in [5.41, 5.74) is 4.71. The van der Waals surface area contributed by atoms with Gasteiger partial charge in [0.2, 0.25) is 0 Å². The molecule has 2 N–H and O–H groups in total. The summed E-state index contributed by atoms with van der Waals surface area (Å²) in [5.74, 6) is 0.119. The number of carbonyl (C=O) groups excluding carboxylic acids is 2. The number of ether oxygens (including phenoxy) is 3. The predicted octanol–water partition coefficient (Wildman–Crippen LogP) is 8.30. The van der Waals surface area contributed by atoms with Crippen LogP contribution in [0, 0.1) is 0 Å². The van der Waals surface area contributed by atoms with E-state index in [9.17, 15) is 9.59 Å². The maximum atomic E-state index is 13.3. The molecule has 0 saturated carbocycles. The van der Waals surface area contributed by atoms with Crippen molar-refractivity contribution in [3.05, 3.63) is 120 Å². The van der Waals surface area contributed by atoms with Gasteiger partial charge in [-0.1, -0.05) is 82.8 Å². The summed E-state index contributed by atoms with van der Waals surface area (Å²) in [6, 6.07) is 21.6. The predicted molar refractivity (Wildman–Crippen MR) is 186 cm³/mol. The molecule has 4 rings (SSSR count). The largest absolute Gasteiger partial charge is 0.493 e. The molecule has 2 amide bonds. The Bertz CT molecular complexity index is 1730. The zero-order valence-electron chi connectivity index (χ0n) is 24.5. The van der Waals surface area contributed by atoms with E-state index in [0.717, 1.165) is 11.1 Å². The fraction of sp³-hybridized carbons (Fsp3) is 0.182. The third-order valence-corrected chi connectivity index (χ3v) is 8.22. The average Bonchev–Trinajstić information content (AvgIpc) is 3.02. The molecule has 4 aromatic carbocycles. The minimum Gasteiger partial charge on any atom is -0.493 e. The Hall–Kier alpha value is -3.47. The Labute approximate surface area is 295 Å². The van der Waals surface area contributed by atoms with Gasteiger partial charge in [0.15, 0.2) is 17.6 Å². The van der Waals surface area contributed by atoms with Gasteiger partial charge in [-0.3, -0.25) is 9.59 Å². The highest BCUT2D eigenvalue weighted by Gasteiger charge is 2.25. The van der Waals surface area contributed by atoms with E-state index >= 15 is 0 Å². The fourth-order valence-electron chi connectivity index (χ4n) is 4.15. The number of nitrogens with zero attached hydrogens (tertiary/aromatic N) is 1.